The van der Waals surface area contributed by atoms with Crippen LogP contribution < -0.4 is 4.74 Å². The Labute approximate surface area is 145 Å². The first kappa shape index (κ1) is 16.5. The summed E-state index contributed by atoms with van der Waals surface area (Å²) < 4.78 is 10.7. The van der Waals surface area contributed by atoms with Gasteiger partial charge in [0.25, 0.3) is 0 Å². The minimum absolute atomic E-state index is 0.231. The topological polar surface area (TPSA) is 52.6 Å². The smallest absolute Gasteiger partial charge is 0.348 e. The van der Waals surface area contributed by atoms with Gasteiger partial charge in [0, 0.05) is 17.0 Å². The summed E-state index contributed by atoms with van der Waals surface area (Å²) in [5.41, 5.74) is 3.54. The van der Waals surface area contributed by atoms with E-state index in [1.165, 1.54) is 0 Å². The molecule has 0 bridgehead atoms. The molecule has 2 aromatic rings. The highest BCUT2D eigenvalue weighted by atomic mass is 35.5. The van der Waals surface area contributed by atoms with Crippen LogP contribution in [0.2, 0.25) is 5.02 Å². The monoisotopic (exact) mass is 344 g/mol. The number of aryl methyl sites for hydroxylation is 2. The van der Waals surface area contributed by atoms with Crippen molar-refractivity contribution in [3.05, 3.63) is 63.7 Å². The van der Waals surface area contributed by atoms with Gasteiger partial charge in [-0.25, -0.2) is 4.79 Å². The Morgan fingerprint density at radius 2 is 1.96 bits per heavy atom. The molecule has 24 heavy (non-hydrogen) atoms. The summed E-state index contributed by atoms with van der Waals surface area (Å²) in [5.74, 6) is -0.147. The molecule has 0 saturated carbocycles. The van der Waals surface area contributed by atoms with Gasteiger partial charge in [0.15, 0.2) is 18.5 Å². The fourth-order valence-electron chi connectivity index (χ4n) is 2.58. The molecular weight excluding hydrogens is 328 g/mol. The normalized spacial score (nSPS) is 15.5. The van der Waals surface area contributed by atoms with Gasteiger partial charge in [-0.15, -0.1) is 0 Å². The van der Waals surface area contributed by atoms with E-state index in [1.807, 2.05) is 19.9 Å². The molecule has 3 rings (SSSR count). The molecule has 1 aliphatic heterocycles. The summed E-state index contributed by atoms with van der Waals surface area (Å²) in [6, 6.07) is 10.6. The summed E-state index contributed by atoms with van der Waals surface area (Å²) in [4.78, 5) is 24.3. The highest BCUT2D eigenvalue weighted by Gasteiger charge is 2.31. The first-order valence-electron chi connectivity index (χ1n) is 7.66. The van der Waals surface area contributed by atoms with Gasteiger partial charge in [0.2, 0.25) is 0 Å². The van der Waals surface area contributed by atoms with Gasteiger partial charge in [-0.1, -0.05) is 23.7 Å². The molecule has 0 saturated heterocycles. The molecule has 124 valence electrons. The molecular formula is C19H17ClO4. The average molecular weight is 345 g/mol. The number of halogens is 1. The van der Waals surface area contributed by atoms with Crippen molar-refractivity contribution in [1.29, 1.82) is 0 Å². The molecule has 0 N–H and O–H groups in total. The van der Waals surface area contributed by atoms with Crippen LogP contribution in [0.1, 0.15) is 27.0 Å². The molecule has 5 heteroatoms. The maximum atomic E-state index is 12.2. The van der Waals surface area contributed by atoms with E-state index in [0.717, 1.165) is 16.7 Å². The van der Waals surface area contributed by atoms with E-state index in [0.29, 0.717) is 22.8 Å². The summed E-state index contributed by atoms with van der Waals surface area (Å²) >= 11 is 5.93. The van der Waals surface area contributed by atoms with Crippen molar-refractivity contribution in [2.45, 2.75) is 26.4 Å². The molecule has 0 fully saturated rings. The Balaban J connectivity index is 1.58. The SMILES string of the molecule is Cc1ccc(C(=O)COC(=O)C2Cc3cc(Cl)ccc3O2)cc1C. The Hall–Kier alpha value is -2.33. The lowest BCUT2D eigenvalue weighted by molar-refractivity contribution is -0.149. The predicted octanol–water partition coefficient (Wildman–Crippen LogP) is 3.69. The van der Waals surface area contributed by atoms with Gasteiger partial charge in [0.1, 0.15) is 5.75 Å². The van der Waals surface area contributed by atoms with Crippen LogP contribution >= 0.6 is 11.6 Å². The van der Waals surface area contributed by atoms with E-state index in [-0.39, 0.29) is 12.4 Å². The molecule has 1 aliphatic rings. The third-order valence-corrected chi connectivity index (χ3v) is 4.37. The third-order valence-electron chi connectivity index (χ3n) is 4.13. The lowest BCUT2D eigenvalue weighted by atomic mass is 10.0. The average Bonchev–Trinajstić information content (AvgIpc) is 2.98. The Morgan fingerprint density at radius 3 is 2.71 bits per heavy atom. The highest BCUT2D eigenvalue weighted by Crippen LogP contribution is 2.31. The van der Waals surface area contributed by atoms with E-state index in [9.17, 15) is 9.59 Å². The second kappa shape index (κ2) is 6.65. The standard InChI is InChI=1S/C19H17ClO4/c1-11-3-4-13(7-12(11)2)16(21)10-23-19(22)18-9-14-8-15(20)5-6-17(14)24-18/h3-8,18H,9-10H2,1-2H3. The zero-order valence-corrected chi connectivity index (χ0v) is 14.2. The van der Waals surface area contributed by atoms with Crippen LogP contribution in [0.25, 0.3) is 0 Å². The fraction of sp³-hybridized carbons (Fsp3) is 0.263. The third kappa shape index (κ3) is 3.44. The number of ketones is 1. The molecule has 0 aliphatic carbocycles. The molecule has 0 amide bonds. The number of rotatable bonds is 4. The number of carbonyl (C=O) groups is 2. The summed E-state index contributed by atoms with van der Waals surface area (Å²) in [6.45, 7) is 3.62. The lowest BCUT2D eigenvalue weighted by Gasteiger charge is -2.10. The molecule has 1 atom stereocenters. The van der Waals surface area contributed by atoms with E-state index in [2.05, 4.69) is 0 Å². The quantitative estimate of drug-likeness (QED) is 0.627. The van der Waals surface area contributed by atoms with E-state index in [4.69, 9.17) is 21.1 Å². The number of benzene rings is 2. The Bertz CT molecular complexity index is 813. The van der Waals surface area contributed by atoms with Crippen molar-refractivity contribution in [3.63, 3.8) is 0 Å². The first-order chi connectivity index (χ1) is 11.4. The number of Topliss-reactive ketones (excluding diaryl/α,β-unsaturated/α-hetero) is 1. The van der Waals surface area contributed by atoms with Crippen molar-refractivity contribution < 1.29 is 19.1 Å². The zero-order chi connectivity index (χ0) is 17.3. The maximum Gasteiger partial charge on any atom is 0.348 e. The molecule has 1 unspecified atom stereocenters. The number of hydrogen-bond donors (Lipinski definition) is 0. The lowest BCUT2D eigenvalue weighted by Crippen LogP contribution is -2.29. The predicted molar refractivity (Wildman–Crippen MR) is 90.8 cm³/mol. The van der Waals surface area contributed by atoms with Gasteiger partial charge in [-0.3, -0.25) is 4.79 Å². The van der Waals surface area contributed by atoms with E-state index < -0.39 is 12.1 Å². The number of hydrogen-bond acceptors (Lipinski definition) is 4. The van der Waals surface area contributed by atoms with Gasteiger partial charge in [-0.05, 0) is 54.8 Å². The summed E-state index contributed by atoms with van der Waals surface area (Å²) in [6.07, 6.45) is -0.335. The van der Waals surface area contributed by atoms with E-state index in [1.54, 1.807) is 30.3 Å². The minimum atomic E-state index is -0.731. The van der Waals surface area contributed by atoms with Crippen molar-refractivity contribution >= 4 is 23.4 Å². The molecule has 0 radical (unpaired) electrons. The van der Waals surface area contributed by atoms with E-state index >= 15 is 0 Å². The first-order valence-corrected chi connectivity index (χ1v) is 8.04. The number of ether oxygens (including phenoxy) is 2. The number of carbonyl (C=O) groups excluding carboxylic acids is 2. The number of esters is 1. The molecule has 1 heterocycles. The molecule has 4 nitrogen and oxygen atoms in total. The summed E-state index contributed by atoms with van der Waals surface area (Å²) in [5, 5.41) is 0.594. The van der Waals surface area contributed by atoms with Gasteiger partial charge >= 0.3 is 5.97 Å². The van der Waals surface area contributed by atoms with Gasteiger partial charge in [-0.2, -0.15) is 0 Å². The number of fused-ring (bicyclic) bond motifs is 1. The molecule has 0 aromatic heterocycles. The second-order valence-electron chi connectivity index (χ2n) is 5.89. The van der Waals surface area contributed by atoms with Crippen LogP contribution in [-0.2, 0) is 16.0 Å². The Morgan fingerprint density at radius 1 is 1.17 bits per heavy atom. The molecule has 2 aromatic carbocycles. The Kier molecular flexibility index (Phi) is 4.58. The largest absolute Gasteiger partial charge is 0.478 e. The van der Waals surface area contributed by atoms with Crippen LogP contribution in [0.15, 0.2) is 36.4 Å². The minimum Gasteiger partial charge on any atom is -0.478 e. The maximum absolute atomic E-state index is 12.2. The van der Waals surface area contributed by atoms with Crippen LogP contribution in [0.4, 0.5) is 0 Å². The summed E-state index contributed by atoms with van der Waals surface area (Å²) in [7, 11) is 0. The van der Waals surface area contributed by atoms with Crippen molar-refractivity contribution in [2.24, 2.45) is 0 Å². The van der Waals surface area contributed by atoms with Crippen molar-refractivity contribution in [2.75, 3.05) is 6.61 Å². The van der Waals surface area contributed by atoms with Crippen LogP contribution in [0.5, 0.6) is 5.75 Å². The van der Waals surface area contributed by atoms with Crippen molar-refractivity contribution in [3.8, 4) is 5.75 Å². The molecule has 0 spiro atoms. The second-order valence-corrected chi connectivity index (χ2v) is 6.33. The van der Waals surface area contributed by atoms with Crippen LogP contribution in [0.3, 0.4) is 0 Å². The zero-order valence-electron chi connectivity index (χ0n) is 13.5. The van der Waals surface area contributed by atoms with Gasteiger partial charge in [0.05, 0.1) is 0 Å². The fourth-order valence-corrected chi connectivity index (χ4v) is 2.77. The van der Waals surface area contributed by atoms with Crippen LogP contribution in [-0.4, -0.2) is 24.5 Å². The van der Waals surface area contributed by atoms with Crippen molar-refractivity contribution in [1.82, 2.24) is 0 Å². The van der Waals surface area contributed by atoms with Crippen LogP contribution in [0, 0.1) is 13.8 Å². The van der Waals surface area contributed by atoms with Gasteiger partial charge < -0.3 is 9.47 Å². The highest BCUT2D eigenvalue weighted by molar-refractivity contribution is 6.30.